The lowest BCUT2D eigenvalue weighted by Gasteiger charge is -2.07. The van der Waals surface area contributed by atoms with E-state index in [1.165, 1.54) is 0 Å². The molecule has 0 aromatic carbocycles. The first-order valence-electron chi connectivity index (χ1n) is 4.81. The second-order valence-corrected chi connectivity index (χ2v) is 4.85. The lowest BCUT2D eigenvalue weighted by Crippen LogP contribution is -2.19. The number of rotatable bonds is 7. The van der Waals surface area contributed by atoms with Crippen molar-refractivity contribution in [3.8, 4) is 0 Å². The van der Waals surface area contributed by atoms with Crippen molar-refractivity contribution in [2.75, 3.05) is 11.5 Å². The molecule has 0 saturated heterocycles. The Morgan fingerprint density at radius 3 is 2.50 bits per heavy atom. The molecule has 0 radical (unpaired) electrons. The Balaban J connectivity index is 3.24. The number of hydrogen-bond acceptors (Lipinski definition) is 2. The van der Waals surface area contributed by atoms with Crippen LogP contribution in [-0.4, -0.2) is 21.8 Å². The maximum Gasteiger partial charge on any atom is 0.0235 e. The highest BCUT2D eigenvalue weighted by molar-refractivity contribution is 7.84. The van der Waals surface area contributed by atoms with E-state index in [0.717, 1.165) is 37.2 Å². The Morgan fingerprint density at radius 2 is 2.00 bits per heavy atom. The van der Waals surface area contributed by atoms with E-state index in [2.05, 4.69) is 13.8 Å². The molecule has 2 nitrogen and oxygen atoms in total. The van der Waals surface area contributed by atoms with Crippen molar-refractivity contribution in [2.24, 2.45) is 5.73 Å². The largest absolute Gasteiger partial charge is 0.328 e. The molecule has 0 rings (SSSR count). The van der Waals surface area contributed by atoms with Gasteiger partial charge >= 0.3 is 0 Å². The summed E-state index contributed by atoms with van der Waals surface area (Å²) in [5, 5.41) is 0. The predicted molar refractivity (Wildman–Crippen MR) is 55.7 cm³/mol. The summed E-state index contributed by atoms with van der Waals surface area (Å²) in [5.74, 6) is 1.68. The van der Waals surface area contributed by atoms with Gasteiger partial charge in [-0.05, 0) is 25.7 Å². The maximum atomic E-state index is 11.2. The van der Waals surface area contributed by atoms with Crippen molar-refractivity contribution in [3.63, 3.8) is 0 Å². The van der Waals surface area contributed by atoms with E-state index < -0.39 is 10.8 Å². The summed E-state index contributed by atoms with van der Waals surface area (Å²) in [6.07, 6.45) is 4.08. The summed E-state index contributed by atoms with van der Waals surface area (Å²) in [4.78, 5) is 0. The average Bonchev–Trinajstić information content (AvgIpc) is 2.04. The lowest BCUT2D eigenvalue weighted by atomic mass is 10.1. The van der Waals surface area contributed by atoms with E-state index in [0.29, 0.717) is 6.04 Å². The van der Waals surface area contributed by atoms with Gasteiger partial charge < -0.3 is 5.73 Å². The van der Waals surface area contributed by atoms with Gasteiger partial charge in [-0.25, -0.2) is 0 Å². The Bertz CT molecular complexity index is 128. The van der Waals surface area contributed by atoms with Gasteiger partial charge in [-0.1, -0.05) is 13.8 Å². The molecular formula is C9H21NOS. The van der Waals surface area contributed by atoms with Crippen LogP contribution < -0.4 is 5.73 Å². The van der Waals surface area contributed by atoms with Crippen molar-refractivity contribution in [2.45, 2.75) is 45.6 Å². The first-order valence-corrected chi connectivity index (χ1v) is 6.30. The Morgan fingerprint density at radius 1 is 1.33 bits per heavy atom. The Kier molecular flexibility index (Phi) is 7.81. The van der Waals surface area contributed by atoms with Gasteiger partial charge in [0.25, 0.3) is 0 Å². The van der Waals surface area contributed by atoms with Crippen LogP contribution in [0.25, 0.3) is 0 Å². The summed E-state index contributed by atoms with van der Waals surface area (Å²) in [6.45, 7) is 4.16. The zero-order chi connectivity index (χ0) is 9.40. The first kappa shape index (κ1) is 12.1. The van der Waals surface area contributed by atoms with Gasteiger partial charge in [0.1, 0.15) is 0 Å². The fraction of sp³-hybridized carbons (Fsp3) is 1.00. The Hall–Kier alpha value is 0.110. The molecule has 12 heavy (non-hydrogen) atoms. The molecule has 0 aliphatic rings. The quantitative estimate of drug-likeness (QED) is 0.665. The molecule has 0 saturated carbocycles. The molecule has 0 spiro atoms. The normalized spacial score (nSPS) is 15.9. The molecule has 0 amide bonds. The molecule has 0 aliphatic carbocycles. The second-order valence-electron chi connectivity index (χ2n) is 3.16. The van der Waals surface area contributed by atoms with Crippen LogP contribution in [0.5, 0.6) is 0 Å². The van der Waals surface area contributed by atoms with Crippen molar-refractivity contribution in [1.82, 2.24) is 0 Å². The van der Waals surface area contributed by atoms with Crippen LogP contribution in [0.15, 0.2) is 0 Å². The van der Waals surface area contributed by atoms with Crippen LogP contribution in [-0.2, 0) is 10.8 Å². The van der Waals surface area contributed by atoms with Crippen molar-refractivity contribution in [3.05, 3.63) is 0 Å². The smallest absolute Gasteiger partial charge is 0.0235 e. The van der Waals surface area contributed by atoms with Gasteiger partial charge in [-0.2, -0.15) is 0 Å². The van der Waals surface area contributed by atoms with E-state index in [9.17, 15) is 4.21 Å². The summed E-state index contributed by atoms with van der Waals surface area (Å²) in [6, 6.07) is 0.309. The fourth-order valence-electron chi connectivity index (χ4n) is 1.04. The van der Waals surface area contributed by atoms with E-state index >= 15 is 0 Å². The molecule has 74 valence electrons. The minimum Gasteiger partial charge on any atom is -0.328 e. The van der Waals surface area contributed by atoms with E-state index in [4.69, 9.17) is 5.73 Å². The zero-order valence-electron chi connectivity index (χ0n) is 8.21. The van der Waals surface area contributed by atoms with Gasteiger partial charge in [0.05, 0.1) is 0 Å². The van der Waals surface area contributed by atoms with Crippen LogP contribution in [0.2, 0.25) is 0 Å². The van der Waals surface area contributed by atoms with Crippen LogP contribution >= 0.6 is 0 Å². The van der Waals surface area contributed by atoms with Crippen LogP contribution in [0, 0.1) is 0 Å². The van der Waals surface area contributed by atoms with Gasteiger partial charge in [-0.15, -0.1) is 0 Å². The third-order valence-corrected chi connectivity index (χ3v) is 3.51. The van der Waals surface area contributed by atoms with Crippen LogP contribution in [0.1, 0.15) is 39.5 Å². The molecule has 0 bridgehead atoms. The minimum absolute atomic E-state index is 0.309. The molecule has 2 unspecified atom stereocenters. The summed E-state index contributed by atoms with van der Waals surface area (Å²) in [7, 11) is -0.594. The highest BCUT2D eigenvalue weighted by Gasteiger charge is 2.01. The van der Waals surface area contributed by atoms with Gasteiger partial charge in [0, 0.05) is 28.3 Å². The average molecular weight is 191 g/mol. The molecule has 0 aliphatic heterocycles. The second kappa shape index (κ2) is 7.74. The molecule has 2 N–H and O–H groups in total. The third-order valence-electron chi connectivity index (χ3n) is 1.90. The molecule has 0 heterocycles. The number of nitrogens with two attached hydrogens (primary N) is 1. The highest BCUT2D eigenvalue weighted by atomic mass is 32.2. The summed E-state index contributed by atoms with van der Waals surface area (Å²) >= 11 is 0. The van der Waals surface area contributed by atoms with Crippen molar-refractivity contribution in [1.29, 1.82) is 0 Å². The van der Waals surface area contributed by atoms with Gasteiger partial charge in [0.2, 0.25) is 0 Å². The topological polar surface area (TPSA) is 43.1 Å². The number of hydrogen-bond donors (Lipinski definition) is 1. The van der Waals surface area contributed by atoms with Crippen molar-refractivity contribution < 1.29 is 4.21 Å². The van der Waals surface area contributed by atoms with Gasteiger partial charge in [0.15, 0.2) is 0 Å². The van der Waals surface area contributed by atoms with E-state index in [-0.39, 0.29) is 0 Å². The molecule has 2 atom stereocenters. The standard InChI is InChI=1S/C9H21NOS/c1-3-7-12(11)8-5-6-9(10)4-2/h9H,3-8,10H2,1-2H3. The highest BCUT2D eigenvalue weighted by Crippen LogP contribution is 2.00. The molecule has 0 fully saturated rings. The summed E-state index contributed by atoms with van der Waals surface area (Å²) < 4.78 is 11.2. The molecular weight excluding hydrogens is 170 g/mol. The molecule has 3 heteroatoms. The summed E-state index contributed by atoms with van der Waals surface area (Å²) in [5.41, 5.74) is 5.73. The van der Waals surface area contributed by atoms with E-state index in [1.54, 1.807) is 0 Å². The first-order chi connectivity index (χ1) is 5.70. The monoisotopic (exact) mass is 191 g/mol. The minimum atomic E-state index is -0.594. The van der Waals surface area contributed by atoms with Gasteiger partial charge in [-0.3, -0.25) is 4.21 Å². The maximum absolute atomic E-state index is 11.2. The van der Waals surface area contributed by atoms with Crippen LogP contribution in [0.3, 0.4) is 0 Å². The fourth-order valence-corrected chi connectivity index (χ4v) is 2.19. The molecule has 0 aromatic rings. The van der Waals surface area contributed by atoms with Crippen LogP contribution in [0.4, 0.5) is 0 Å². The van der Waals surface area contributed by atoms with Crippen molar-refractivity contribution >= 4 is 10.8 Å². The third kappa shape index (κ3) is 6.80. The zero-order valence-corrected chi connectivity index (χ0v) is 9.03. The predicted octanol–water partition coefficient (Wildman–Crippen LogP) is 1.66. The molecule has 0 aromatic heterocycles. The SMILES string of the molecule is CCCS(=O)CCCC(N)CC. The Labute approximate surface area is 78.4 Å². The lowest BCUT2D eigenvalue weighted by molar-refractivity contribution is 0.586. The van der Waals surface area contributed by atoms with E-state index in [1.807, 2.05) is 0 Å².